The van der Waals surface area contributed by atoms with Crippen LogP contribution in [0.5, 0.6) is 5.88 Å². The minimum atomic E-state index is 0.0732. The zero-order valence-electron chi connectivity index (χ0n) is 24.6. The molecule has 5 aromatic rings. The van der Waals surface area contributed by atoms with Crippen molar-refractivity contribution in [3.8, 4) is 39.8 Å². The van der Waals surface area contributed by atoms with Crippen LogP contribution in [0.25, 0.3) is 33.9 Å². The highest BCUT2D eigenvalue weighted by molar-refractivity contribution is 5.95. The van der Waals surface area contributed by atoms with Gasteiger partial charge in [-0.15, -0.1) is 0 Å². The number of likely N-dealkylation sites (N-methyl/N-ethyl adjacent to an activating group) is 1. The number of likely N-dealkylation sites (tertiary alicyclic amines) is 1. The van der Waals surface area contributed by atoms with Gasteiger partial charge >= 0.3 is 0 Å². The molecule has 0 N–H and O–H groups in total. The van der Waals surface area contributed by atoms with Crippen LogP contribution in [0.3, 0.4) is 0 Å². The van der Waals surface area contributed by atoms with Crippen molar-refractivity contribution < 1.29 is 9.53 Å². The second kappa shape index (κ2) is 12.5. The molecule has 0 spiro atoms. The Morgan fingerprint density at radius 3 is 2.40 bits per heavy atom. The van der Waals surface area contributed by atoms with Crippen molar-refractivity contribution in [2.45, 2.75) is 26.0 Å². The molecule has 3 aromatic heterocycles. The topological polar surface area (TPSA) is 84.3 Å². The second-order valence-electron chi connectivity index (χ2n) is 11.1. The molecule has 1 aliphatic heterocycles. The number of pyridine rings is 2. The van der Waals surface area contributed by atoms with E-state index >= 15 is 0 Å². The van der Waals surface area contributed by atoms with E-state index in [-0.39, 0.29) is 5.91 Å². The molecule has 1 saturated heterocycles. The van der Waals surface area contributed by atoms with Gasteiger partial charge < -0.3 is 14.5 Å². The summed E-state index contributed by atoms with van der Waals surface area (Å²) in [6.45, 7) is 3.87. The number of rotatable bonds is 8. The Balaban J connectivity index is 1.27. The lowest BCUT2D eigenvalue weighted by Gasteiger charge is -2.20. The van der Waals surface area contributed by atoms with Gasteiger partial charge in [-0.25, -0.2) is 9.97 Å². The van der Waals surface area contributed by atoms with Gasteiger partial charge in [0.25, 0.3) is 5.91 Å². The quantitative estimate of drug-likeness (QED) is 0.229. The van der Waals surface area contributed by atoms with Gasteiger partial charge in [-0.05, 0) is 68.9 Å². The molecule has 4 heterocycles. The number of aromatic nitrogens is 4. The first-order valence-corrected chi connectivity index (χ1v) is 14.4. The van der Waals surface area contributed by atoms with Gasteiger partial charge in [0.1, 0.15) is 12.3 Å². The number of aryl methyl sites for hydroxylation is 1. The number of nitrogens with zero attached hydrogens (tertiary/aromatic N) is 6. The molecule has 1 amide bonds. The largest absolute Gasteiger partial charge is 0.473 e. The van der Waals surface area contributed by atoms with Crippen LogP contribution < -0.4 is 4.74 Å². The lowest BCUT2D eigenvalue weighted by molar-refractivity contribution is 0.0783. The van der Waals surface area contributed by atoms with Gasteiger partial charge in [0.15, 0.2) is 5.82 Å². The molecule has 6 rings (SSSR count). The Hall–Kier alpha value is -4.95. The van der Waals surface area contributed by atoms with E-state index in [0.29, 0.717) is 41.3 Å². The lowest BCUT2D eigenvalue weighted by Crippen LogP contribution is -2.34. The number of ether oxygens (including phenoxy) is 1. The molecule has 1 atom stereocenters. The zero-order chi connectivity index (χ0) is 29.8. The van der Waals surface area contributed by atoms with E-state index in [2.05, 4.69) is 33.9 Å². The zero-order valence-corrected chi connectivity index (χ0v) is 24.6. The highest BCUT2D eigenvalue weighted by Crippen LogP contribution is 2.29. The van der Waals surface area contributed by atoms with Gasteiger partial charge in [-0.2, -0.15) is 4.98 Å². The highest BCUT2D eigenvalue weighted by atomic mass is 16.5. The van der Waals surface area contributed by atoms with Crippen LogP contribution in [0.1, 0.15) is 28.0 Å². The number of hydrogen-bond donors (Lipinski definition) is 0. The molecular formula is C35H34N6O2. The van der Waals surface area contributed by atoms with Gasteiger partial charge in [0, 0.05) is 60.0 Å². The fraction of sp³-hybridized carbons (Fsp3) is 0.229. The minimum absolute atomic E-state index is 0.0732. The van der Waals surface area contributed by atoms with Crippen molar-refractivity contribution in [3.05, 3.63) is 114 Å². The Morgan fingerprint density at radius 2 is 1.65 bits per heavy atom. The van der Waals surface area contributed by atoms with Crippen LogP contribution >= 0.6 is 0 Å². The maximum absolute atomic E-state index is 13.1. The third-order valence-electron chi connectivity index (χ3n) is 7.73. The molecule has 2 aromatic carbocycles. The Bertz CT molecular complexity index is 1720. The normalized spacial score (nSPS) is 14.7. The van der Waals surface area contributed by atoms with Crippen LogP contribution in [0.4, 0.5) is 0 Å². The van der Waals surface area contributed by atoms with Crippen molar-refractivity contribution in [1.29, 1.82) is 0 Å². The van der Waals surface area contributed by atoms with Gasteiger partial charge in [-0.1, -0.05) is 48.5 Å². The van der Waals surface area contributed by atoms with E-state index in [0.717, 1.165) is 47.5 Å². The van der Waals surface area contributed by atoms with E-state index in [1.807, 2.05) is 103 Å². The van der Waals surface area contributed by atoms with Crippen LogP contribution in [-0.4, -0.2) is 68.9 Å². The number of hydrogen-bond acceptors (Lipinski definition) is 7. The molecule has 216 valence electrons. The van der Waals surface area contributed by atoms with Crippen LogP contribution in [0.2, 0.25) is 0 Å². The van der Waals surface area contributed by atoms with E-state index in [1.54, 1.807) is 6.20 Å². The Kier molecular flexibility index (Phi) is 8.20. The smallest absolute Gasteiger partial charge is 0.253 e. The molecule has 1 aliphatic rings. The van der Waals surface area contributed by atoms with Gasteiger partial charge in [-0.3, -0.25) is 9.78 Å². The van der Waals surface area contributed by atoms with E-state index in [9.17, 15) is 4.79 Å². The highest BCUT2D eigenvalue weighted by Gasteiger charge is 2.28. The monoisotopic (exact) mass is 570 g/mol. The lowest BCUT2D eigenvalue weighted by atomic mass is 10.0. The van der Waals surface area contributed by atoms with Crippen molar-refractivity contribution >= 4 is 5.91 Å². The number of amides is 1. The van der Waals surface area contributed by atoms with E-state index < -0.39 is 0 Å². The summed E-state index contributed by atoms with van der Waals surface area (Å²) in [5.74, 6) is 1.01. The first-order valence-electron chi connectivity index (χ1n) is 14.4. The molecule has 1 unspecified atom stereocenters. The number of carbonyl (C=O) groups is 1. The Morgan fingerprint density at radius 1 is 0.860 bits per heavy atom. The second-order valence-corrected chi connectivity index (χ2v) is 11.1. The third-order valence-corrected chi connectivity index (χ3v) is 7.73. The van der Waals surface area contributed by atoms with Crippen molar-refractivity contribution in [1.82, 2.24) is 29.7 Å². The average molecular weight is 571 g/mol. The maximum atomic E-state index is 13.1. The third kappa shape index (κ3) is 6.60. The molecule has 0 aliphatic carbocycles. The van der Waals surface area contributed by atoms with Crippen LogP contribution in [-0.2, 0) is 6.61 Å². The van der Waals surface area contributed by atoms with E-state index in [1.165, 1.54) is 0 Å². The summed E-state index contributed by atoms with van der Waals surface area (Å²) in [5, 5.41) is 0. The molecule has 8 nitrogen and oxygen atoms in total. The summed E-state index contributed by atoms with van der Waals surface area (Å²) in [6, 6.07) is 27.8. The maximum Gasteiger partial charge on any atom is 0.253 e. The standard InChI is InChI=1S/C35H34N6O2/c1-24-8-7-11-31(37-24)34-38-32(19-33(39-34)43-23-25-9-5-4-6-10-25)29-18-28(20-36-21-29)26-12-14-27(15-13-26)35(42)41-17-16-30(22-41)40(2)3/h4-15,18-21,30H,16-17,22-23H2,1-3H3. The van der Waals surface area contributed by atoms with Crippen LogP contribution in [0, 0.1) is 6.92 Å². The first-order chi connectivity index (χ1) is 20.9. The summed E-state index contributed by atoms with van der Waals surface area (Å²) in [4.78, 5) is 35.9. The summed E-state index contributed by atoms with van der Waals surface area (Å²) in [6.07, 6.45) is 4.60. The van der Waals surface area contributed by atoms with Gasteiger partial charge in [0.2, 0.25) is 5.88 Å². The fourth-order valence-electron chi connectivity index (χ4n) is 5.23. The van der Waals surface area contributed by atoms with E-state index in [4.69, 9.17) is 9.72 Å². The SMILES string of the molecule is Cc1cccc(-c2nc(OCc3ccccc3)cc(-c3cncc(-c4ccc(C(=O)N5CCC(N(C)C)C5)cc4)c3)n2)n1. The molecule has 0 radical (unpaired) electrons. The molecular weight excluding hydrogens is 536 g/mol. The minimum Gasteiger partial charge on any atom is -0.473 e. The summed E-state index contributed by atoms with van der Waals surface area (Å²) < 4.78 is 6.12. The summed E-state index contributed by atoms with van der Waals surface area (Å²) in [5.41, 5.74) is 6.69. The number of carbonyl (C=O) groups excluding carboxylic acids is 1. The summed E-state index contributed by atoms with van der Waals surface area (Å²) >= 11 is 0. The molecule has 0 saturated carbocycles. The average Bonchev–Trinajstić information content (AvgIpc) is 3.55. The summed E-state index contributed by atoms with van der Waals surface area (Å²) in [7, 11) is 4.13. The predicted molar refractivity (Wildman–Crippen MR) is 167 cm³/mol. The molecule has 1 fully saturated rings. The first kappa shape index (κ1) is 28.2. The number of benzene rings is 2. The van der Waals surface area contributed by atoms with Crippen molar-refractivity contribution in [2.75, 3.05) is 27.2 Å². The van der Waals surface area contributed by atoms with Crippen molar-refractivity contribution in [3.63, 3.8) is 0 Å². The fourth-order valence-corrected chi connectivity index (χ4v) is 5.23. The molecule has 8 heteroatoms. The van der Waals surface area contributed by atoms with Crippen molar-refractivity contribution in [2.24, 2.45) is 0 Å². The van der Waals surface area contributed by atoms with Gasteiger partial charge in [0.05, 0.1) is 5.69 Å². The molecule has 0 bridgehead atoms. The van der Waals surface area contributed by atoms with Crippen LogP contribution in [0.15, 0.2) is 97.3 Å². The molecule has 43 heavy (non-hydrogen) atoms. The Labute approximate surface area is 252 Å². The predicted octanol–water partition coefficient (Wildman–Crippen LogP) is 5.93.